The van der Waals surface area contributed by atoms with E-state index in [0.29, 0.717) is 17.5 Å². The van der Waals surface area contributed by atoms with Gasteiger partial charge in [0, 0.05) is 49.7 Å². The van der Waals surface area contributed by atoms with Gasteiger partial charge < -0.3 is 9.30 Å². The summed E-state index contributed by atoms with van der Waals surface area (Å²) < 4.78 is 9.29. The number of fused-ring (bicyclic) bond motifs is 5. The minimum absolute atomic E-state index is 0.619. The molecule has 10 aromatic rings. The number of hydrogen-bond acceptors (Lipinski definition) is 4. The lowest BCUT2D eigenvalue weighted by atomic mass is 9.90. The Kier molecular flexibility index (Phi) is 6.79. The minimum atomic E-state index is 0.619. The summed E-state index contributed by atoms with van der Waals surface area (Å²) in [5.74, 6) is 3.55. The second kappa shape index (κ2) is 12.1. The molecule has 0 fully saturated rings. The van der Waals surface area contributed by atoms with E-state index in [4.69, 9.17) is 19.7 Å². The Bertz CT molecular complexity index is 3010. The smallest absolute Gasteiger partial charge is 0.164 e. The molecule has 3 heterocycles. The van der Waals surface area contributed by atoms with E-state index < -0.39 is 0 Å². The van der Waals surface area contributed by atoms with Crippen LogP contribution in [0.2, 0.25) is 0 Å². The first-order valence-electron chi connectivity index (χ1n) is 18.1. The Hall–Kier alpha value is -7.37. The van der Waals surface area contributed by atoms with Gasteiger partial charge >= 0.3 is 0 Å². The Morgan fingerprint density at radius 2 is 0.963 bits per heavy atom. The molecule has 1 aliphatic heterocycles. The van der Waals surface area contributed by atoms with Crippen LogP contribution in [0.3, 0.4) is 0 Å². The first-order valence-corrected chi connectivity index (χ1v) is 18.1. The van der Waals surface area contributed by atoms with Crippen molar-refractivity contribution in [1.82, 2.24) is 19.5 Å². The van der Waals surface area contributed by atoms with E-state index in [9.17, 15) is 0 Å². The van der Waals surface area contributed by atoms with Crippen LogP contribution in [0.5, 0.6) is 11.5 Å². The molecule has 0 atom stereocenters. The van der Waals surface area contributed by atoms with E-state index in [1.54, 1.807) is 0 Å². The lowest BCUT2D eigenvalue weighted by Crippen LogP contribution is -2.02. The zero-order valence-corrected chi connectivity index (χ0v) is 29.0. The third-order valence-corrected chi connectivity index (χ3v) is 10.5. The molecular weight excluding hydrogens is 661 g/mol. The minimum Gasteiger partial charge on any atom is -0.455 e. The monoisotopic (exact) mass is 690 g/mol. The summed E-state index contributed by atoms with van der Waals surface area (Å²) in [4.78, 5) is 15.0. The molecule has 0 aliphatic carbocycles. The van der Waals surface area contributed by atoms with E-state index in [-0.39, 0.29) is 0 Å². The zero-order valence-electron chi connectivity index (χ0n) is 29.0. The quantitative estimate of drug-likeness (QED) is 0.180. The Balaban J connectivity index is 1.08. The van der Waals surface area contributed by atoms with Crippen molar-refractivity contribution in [2.24, 2.45) is 0 Å². The highest BCUT2D eigenvalue weighted by Crippen LogP contribution is 2.52. The van der Waals surface area contributed by atoms with Gasteiger partial charge in [0.25, 0.3) is 0 Å². The van der Waals surface area contributed by atoms with Crippen LogP contribution in [0, 0.1) is 0 Å². The van der Waals surface area contributed by atoms with Crippen LogP contribution in [0.4, 0.5) is 0 Å². The van der Waals surface area contributed by atoms with Crippen LogP contribution in [0.1, 0.15) is 0 Å². The summed E-state index contributed by atoms with van der Waals surface area (Å²) in [5, 5.41) is 4.52. The van der Waals surface area contributed by atoms with Gasteiger partial charge in [-0.3, -0.25) is 0 Å². The fourth-order valence-electron chi connectivity index (χ4n) is 8.00. The lowest BCUT2D eigenvalue weighted by Gasteiger charge is -2.24. The van der Waals surface area contributed by atoms with Crippen molar-refractivity contribution >= 4 is 32.6 Å². The van der Waals surface area contributed by atoms with Crippen LogP contribution < -0.4 is 4.74 Å². The molecule has 0 radical (unpaired) electrons. The van der Waals surface area contributed by atoms with Crippen molar-refractivity contribution in [3.63, 3.8) is 0 Å². The second-order valence-electron chi connectivity index (χ2n) is 13.6. The number of benzene rings is 8. The molecule has 2 aromatic heterocycles. The van der Waals surface area contributed by atoms with Crippen molar-refractivity contribution in [2.75, 3.05) is 0 Å². The molecule has 0 bridgehead atoms. The van der Waals surface area contributed by atoms with E-state index in [2.05, 4.69) is 126 Å². The second-order valence-corrected chi connectivity index (χ2v) is 13.6. The fourth-order valence-corrected chi connectivity index (χ4v) is 8.00. The van der Waals surface area contributed by atoms with Crippen LogP contribution in [-0.2, 0) is 0 Å². The standard InChI is InChI=1S/C49H30N4O/c1-4-14-31(15-5-1)47-50-48(32-16-6-2-7-17-32)52-49(51-47)41-28-29-44-45-38(22-13-23-39(41)45)40-24-12-21-35(46(40)54-44)33-26-27-37-36-20-10-11-25-42(36)53(43(37)30-33)34-18-8-3-9-19-34/h1-30H. The van der Waals surface area contributed by atoms with Gasteiger partial charge in [-0.25, -0.2) is 15.0 Å². The summed E-state index contributed by atoms with van der Waals surface area (Å²) in [6, 6.07) is 63.2. The molecule has 0 amide bonds. The summed E-state index contributed by atoms with van der Waals surface area (Å²) >= 11 is 0. The van der Waals surface area contributed by atoms with Gasteiger partial charge in [-0.05, 0) is 52.9 Å². The molecule has 11 rings (SSSR count). The average Bonchev–Trinajstić information content (AvgIpc) is 3.58. The maximum atomic E-state index is 6.94. The number of nitrogens with zero attached hydrogens (tertiary/aromatic N) is 4. The van der Waals surface area contributed by atoms with Gasteiger partial charge in [0.1, 0.15) is 11.5 Å². The maximum absolute atomic E-state index is 6.94. The Labute approximate surface area is 311 Å². The van der Waals surface area contributed by atoms with E-state index in [1.807, 2.05) is 60.7 Å². The number of aromatic nitrogens is 4. The fraction of sp³-hybridized carbons (Fsp3) is 0. The number of rotatable bonds is 5. The van der Waals surface area contributed by atoms with Gasteiger partial charge in [0.15, 0.2) is 17.5 Å². The van der Waals surface area contributed by atoms with Gasteiger partial charge in [0.05, 0.1) is 11.0 Å². The maximum Gasteiger partial charge on any atom is 0.164 e. The van der Waals surface area contributed by atoms with Crippen LogP contribution in [0.25, 0.3) is 94.7 Å². The highest BCUT2D eigenvalue weighted by molar-refractivity contribution is 6.12. The first kappa shape index (κ1) is 30.3. The summed E-state index contributed by atoms with van der Waals surface area (Å²) in [5.41, 5.74) is 10.6. The largest absolute Gasteiger partial charge is 0.455 e. The van der Waals surface area contributed by atoms with E-state index in [1.165, 1.54) is 16.3 Å². The number of para-hydroxylation sites is 3. The molecule has 5 heteroatoms. The van der Waals surface area contributed by atoms with E-state index in [0.717, 1.165) is 72.4 Å². The highest BCUT2D eigenvalue weighted by atomic mass is 16.5. The van der Waals surface area contributed by atoms with Gasteiger partial charge in [-0.15, -0.1) is 0 Å². The molecule has 0 saturated heterocycles. The van der Waals surface area contributed by atoms with Gasteiger partial charge in [0.2, 0.25) is 0 Å². The number of ether oxygens (including phenoxy) is 1. The first-order chi connectivity index (χ1) is 26.8. The molecule has 0 spiro atoms. The molecule has 8 aromatic carbocycles. The topological polar surface area (TPSA) is 52.8 Å². The predicted molar refractivity (Wildman–Crippen MR) is 219 cm³/mol. The third kappa shape index (κ3) is 4.76. The Morgan fingerprint density at radius 3 is 1.72 bits per heavy atom. The van der Waals surface area contributed by atoms with Crippen molar-refractivity contribution in [1.29, 1.82) is 0 Å². The lowest BCUT2D eigenvalue weighted by molar-refractivity contribution is 0.489. The molecule has 0 N–H and O–H groups in total. The zero-order chi connectivity index (χ0) is 35.6. The molecule has 0 saturated carbocycles. The van der Waals surface area contributed by atoms with Crippen molar-refractivity contribution in [3.8, 4) is 73.6 Å². The van der Waals surface area contributed by atoms with Crippen LogP contribution >= 0.6 is 0 Å². The SMILES string of the molecule is c1ccc(-c2nc(-c3ccccc3)nc(-c3ccc4c5c(cccc35)-c3cccc(-c5ccc6c7ccccc7n(-c7ccccc7)c6c5)c3O4)n2)cc1. The molecule has 54 heavy (non-hydrogen) atoms. The van der Waals surface area contributed by atoms with E-state index >= 15 is 0 Å². The molecular formula is C49H30N4O. The van der Waals surface area contributed by atoms with Crippen molar-refractivity contribution < 1.29 is 4.74 Å². The predicted octanol–water partition coefficient (Wildman–Crippen LogP) is 12.6. The van der Waals surface area contributed by atoms with Crippen molar-refractivity contribution in [3.05, 3.63) is 182 Å². The van der Waals surface area contributed by atoms with Gasteiger partial charge in [-0.1, -0.05) is 146 Å². The van der Waals surface area contributed by atoms with Crippen molar-refractivity contribution in [2.45, 2.75) is 0 Å². The van der Waals surface area contributed by atoms with Crippen LogP contribution in [-0.4, -0.2) is 19.5 Å². The summed E-state index contributed by atoms with van der Waals surface area (Å²) in [6.45, 7) is 0. The normalized spacial score (nSPS) is 11.9. The average molecular weight is 691 g/mol. The molecule has 0 unspecified atom stereocenters. The molecule has 5 nitrogen and oxygen atoms in total. The summed E-state index contributed by atoms with van der Waals surface area (Å²) in [7, 11) is 0. The third-order valence-electron chi connectivity index (χ3n) is 10.5. The number of hydrogen-bond donors (Lipinski definition) is 0. The highest BCUT2D eigenvalue weighted by Gasteiger charge is 2.26. The Morgan fingerprint density at radius 1 is 0.370 bits per heavy atom. The summed E-state index contributed by atoms with van der Waals surface area (Å²) in [6.07, 6.45) is 0. The van der Waals surface area contributed by atoms with Gasteiger partial charge in [-0.2, -0.15) is 0 Å². The molecule has 252 valence electrons. The van der Waals surface area contributed by atoms with Crippen LogP contribution in [0.15, 0.2) is 182 Å². The molecule has 1 aliphatic rings.